The summed E-state index contributed by atoms with van der Waals surface area (Å²) < 4.78 is 0. The van der Waals surface area contributed by atoms with Crippen molar-refractivity contribution in [3.63, 3.8) is 0 Å². The van der Waals surface area contributed by atoms with Crippen LogP contribution in [0.4, 0.5) is 5.69 Å². The summed E-state index contributed by atoms with van der Waals surface area (Å²) in [5.41, 5.74) is 9.31. The summed E-state index contributed by atoms with van der Waals surface area (Å²) >= 11 is 0. The van der Waals surface area contributed by atoms with Crippen LogP contribution in [0.3, 0.4) is 0 Å². The lowest BCUT2D eigenvalue weighted by Gasteiger charge is -2.08. The minimum absolute atomic E-state index is 0.543. The second-order valence-corrected chi connectivity index (χ2v) is 4.23. The average Bonchev–Trinajstić information content (AvgIpc) is 2.20. The fourth-order valence-electron chi connectivity index (χ4n) is 1.48. The zero-order valence-electron chi connectivity index (χ0n) is 9.96. The van der Waals surface area contributed by atoms with Gasteiger partial charge in [0.2, 0.25) is 0 Å². The first-order valence-electron chi connectivity index (χ1n) is 5.71. The molecule has 0 aliphatic rings. The van der Waals surface area contributed by atoms with E-state index in [9.17, 15) is 0 Å². The largest absolute Gasteiger partial charge is 0.398 e. The molecule has 1 nitrogen and oxygen atoms in total. The highest BCUT2D eigenvalue weighted by atomic mass is 14.6. The van der Waals surface area contributed by atoms with Crippen molar-refractivity contribution in [2.24, 2.45) is 0 Å². The first-order chi connectivity index (χ1) is 7.15. The number of rotatable bonds is 4. The Kier molecular flexibility index (Phi) is 4.41. The molecule has 2 N–H and O–H groups in total. The molecule has 1 heteroatoms. The van der Waals surface area contributed by atoms with Gasteiger partial charge in [0.25, 0.3) is 0 Å². The summed E-state index contributed by atoms with van der Waals surface area (Å²) in [6.07, 6.45) is 6.59. The SMILES string of the molecule is CCC/C=C\c1ccc(C(C)C)cc1N. The van der Waals surface area contributed by atoms with E-state index in [4.69, 9.17) is 5.73 Å². The number of hydrogen-bond donors (Lipinski definition) is 1. The van der Waals surface area contributed by atoms with E-state index < -0.39 is 0 Å². The first kappa shape index (κ1) is 11.8. The Bertz CT molecular complexity index is 337. The molecule has 0 fully saturated rings. The Morgan fingerprint density at radius 2 is 2.07 bits per heavy atom. The van der Waals surface area contributed by atoms with Crippen LogP contribution in [0.1, 0.15) is 50.7 Å². The smallest absolute Gasteiger partial charge is 0.0390 e. The lowest BCUT2D eigenvalue weighted by atomic mass is 10.00. The van der Waals surface area contributed by atoms with Gasteiger partial charge in [-0.1, -0.05) is 51.5 Å². The topological polar surface area (TPSA) is 26.0 Å². The Hall–Kier alpha value is -1.24. The third kappa shape index (κ3) is 3.43. The Labute approximate surface area is 93.0 Å². The van der Waals surface area contributed by atoms with E-state index in [2.05, 4.69) is 51.1 Å². The highest BCUT2D eigenvalue weighted by molar-refractivity contribution is 5.65. The van der Waals surface area contributed by atoms with Gasteiger partial charge in [0, 0.05) is 5.69 Å². The summed E-state index contributed by atoms with van der Waals surface area (Å²) in [5, 5.41) is 0. The maximum absolute atomic E-state index is 5.99. The maximum Gasteiger partial charge on any atom is 0.0390 e. The third-order valence-electron chi connectivity index (χ3n) is 2.53. The van der Waals surface area contributed by atoms with Crippen molar-refractivity contribution in [3.8, 4) is 0 Å². The van der Waals surface area contributed by atoms with Gasteiger partial charge in [-0.05, 0) is 29.5 Å². The van der Waals surface area contributed by atoms with Gasteiger partial charge in [0.05, 0.1) is 0 Å². The van der Waals surface area contributed by atoms with Crippen LogP contribution in [0.15, 0.2) is 24.3 Å². The van der Waals surface area contributed by atoms with Crippen LogP contribution in [-0.2, 0) is 0 Å². The molecule has 1 rings (SSSR count). The average molecular weight is 203 g/mol. The maximum atomic E-state index is 5.99. The zero-order valence-corrected chi connectivity index (χ0v) is 9.96. The monoisotopic (exact) mass is 203 g/mol. The Balaban J connectivity index is 2.83. The molecular weight excluding hydrogens is 182 g/mol. The van der Waals surface area contributed by atoms with Gasteiger partial charge in [0.15, 0.2) is 0 Å². The van der Waals surface area contributed by atoms with Gasteiger partial charge in [0.1, 0.15) is 0 Å². The van der Waals surface area contributed by atoms with Crippen LogP contribution in [0, 0.1) is 0 Å². The lowest BCUT2D eigenvalue weighted by molar-refractivity contribution is 0.867. The molecule has 82 valence electrons. The van der Waals surface area contributed by atoms with Crippen molar-refractivity contribution in [3.05, 3.63) is 35.4 Å². The predicted octanol–water partition coefficient (Wildman–Crippen LogP) is 4.21. The molecule has 1 aromatic carbocycles. The lowest BCUT2D eigenvalue weighted by Crippen LogP contribution is -1.93. The molecule has 0 aliphatic heterocycles. The van der Waals surface area contributed by atoms with Gasteiger partial charge >= 0.3 is 0 Å². The third-order valence-corrected chi connectivity index (χ3v) is 2.53. The quantitative estimate of drug-likeness (QED) is 0.729. The molecule has 0 saturated heterocycles. The molecule has 0 radical (unpaired) electrons. The van der Waals surface area contributed by atoms with E-state index in [0.29, 0.717) is 5.92 Å². The van der Waals surface area contributed by atoms with Gasteiger partial charge in [-0.15, -0.1) is 0 Å². The second-order valence-electron chi connectivity index (χ2n) is 4.23. The summed E-state index contributed by atoms with van der Waals surface area (Å²) in [5.74, 6) is 0.543. The minimum Gasteiger partial charge on any atom is -0.398 e. The minimum atomic E-state index is 0.543. The molecular formula is C14H21N. The van der Waals surface area contributed by atoms with Crippen LogP contribution in [-0.4, -0.2) is 0 Å². The second kappa shape index (κ2) is 5.59. The van der Waals surface area contributed by atoms with Crippen molar-refractivity contribution >= 4 is 11.8 Å². The van der Waals surface area contributed by atoms with E-state index in [-0.39, 0.29) is 0 Å². The summed E-state index contributed by atoms with van der Waals surface area (Å²) in [4.78, 5) is 0. The van der Waals surface area contributed by atoms with E-state index in [1.165, 1.54) is 12.0 Å². The van der Waals surface area contributed by atoms with Crippen LogP contribution < -0.4 is 5.73 Å². The van der Waals surface area contributed by atoms with Gasteiger partial charge in [-0.25, -0.2) is 0 Å². The number of benzene rings is 1. The highest BCUT2D eigenvalue weighted by Crippen LogP contribution is 2.21. The van der Waals surface area contributed by atoms with Gasteiger partial charge in [-0.2, -0.15) is 0 Å². The van der Waals surface area contributed by atoms with E-state index in [1.807, 2.05) is 0 Å². The van der Waals surface area contributed by atoms with Crippen LogP contribution >= 0.6 is 0 Å². The van der Waals surface area contributed by atoms with Crippen molar-refractivity contribution in [2.75, 3.05) is 5.73 Å². The number of hydrogen-bond acceptors (Lipinski definition) is 1. The van der Waals surface area contributed by atoms with Crippen molar-refractivity contribution in [1.82, 2.24) is 0 Å². The molecule has 1 aromatic rings. The molecule has 0 amide bonds. The van der Waals surface area contributed by atoms with Crippen LogP contribution in [0.2, 0.25) is 0 Å². The van der Waals surface area contributed by atoms with Crippen LogP contribution in [0.5, 0.6) is 0 Å². The molecule has 0 bridgehead atoms. The number of anilines is 1. The Morgan fingerprint density at radius 3 is 2.60 bits per heavy atom. The van der Waals surface area contributed by atoms with Crippen LogP contribution in [0.25, 0.3) is 6.08 Å². The van der Waals surface area contributed by atoms with Crippen molar-refractivity contribution in [1.29, 1.82) is 0 Å². The van der Waals surface area contributed by atoms with E-state index in [1.54, 1.807) is 0 Å². The molecule has 0 unspecified atom stereocenters. The molecule has 0 spiro atoms. The normalized spacial score (nSPS) is 11.5. The molecule has 15 heavy (non-hydrogen) atoms. The summed E-state index contributed by atoms with van der Waals surface area (Å²) in [6.45, 7) is 6.54. The van der Waals surface area contributed by atoms with Crippen molar-refractivity contribution in [2.45, 2.75) is 39.5 Å². The zero-order chi connectivity index (χ0) is 11.3. The molecule has 0 aromatic heterocycles. The number of allylic oxidation sites excluding steroid dienone is 1. The molecule has 0 atom stereocenters. The number of nitrogens with two attached hydrogens (primary N) is 1. The fraction of sp³-hybridized carbons (Fsp3) is 0.429. The number of unbranched alkanes of at least 4 members (excludes halogenated alkanes) is 1. The number of nitrogen functional groups attached to an aromatic ring is 1. The summed E-state index contributed by atoms with van der Waals surface area (Å²) in [6, 6.07) is 6.35. The van der Waals surface area contributed by atoms with Crippen molar-refractivity contribution < 1.29 is 0 Å². The fourth-order valence-corrected chi connectivity index (χ4v) is 1.48. The van der Waals surface area contributed by atoms with Gasteiger partial charge < -0.3 is 5.73 Å². The summed E-state index contributed by atoms with van der Waals surface area (Å²) in [7, 11) is 0. The highest BCUT2D eigenvalue weighted by Gasteiger charge is 2.01. The standard InChI is InChI=1S/C14H21N/c1-4-5-6-7-12-8-9-13(11(2)3)10-14(12)15/h6-11H,4-5,15H2,1-3H3/b7-6-. The predicted molar refractivity (Wildman–Crippen MR) is 68.9 cm³/mol. The molecule has 0 aliphatic carbocycles. The Morgan fingerprint density at radius 1 is 1.33 bits per heavy atom. The first-order valence-corrected chi connectivity index (χ1v) is 5.71. The van der Waals surface area contributed by atoms with Gasteiger partial charge in [-0.3, -0.25) is 0 Å². The van der Waals surface area contributed by atoms with E-state index >= 15 is 0 Å². The van der Waals surface area contributed by atoms with E-state index in [0.717, 1.165) is 17.7 Å². The molecule has 0 saturated carbocycles. The molecule has 0 heterocycles.